The smallest absolute Gasteiger partial charge is 0.0657 e. The Hall–Kier alpha value is -2.32. The van der Waals surface area contributed by atoms with Crippen LogP contribution < -0.4 is 0 Å². The van der Waals surface area contributed by atoms with Crippen molar-refractivity contribution in [1.82, 2.24) is 9.47 Å². The lowest BCUT2D eigenvalue weighted by Crippen LogP contribution is -2.48. The first-order chi connectivity index (χ1) is 13.0. The van der Waals surface area contributed by atoms with Gasteiger partial charge in [-0.05, 0) is 68.5 Å². The fraction of sp³-hybridized carbons (Fsp3) is 0.360. The quantitative estimate of drug-likeness (QED) is 0.607. The van der Waals surface area contributed by atoms with Crippen LogP contribution in [0.2, 0.25) is 0 Å². The topological polar surface area (TPSA) is 8.17 Å². The second-order valence-electron chi connectivity index (χ2n) is 8.59. The van der Waals surface area contributed by atoms with E-state index in [0.717, 1.165) is 6.42 Å². The highest BCUT2D eigenvalue weighted by Gasteiger charge is 2.52. The van der Waals surface area contributed by atoms with Crippen LogP contribution in [0.4, 0.5) is 0 Å². The highest BCUT2D eigenvalue weighted by atomic mass is 15.3. The van der Waals surface area contributed by atoms with Crippen LogP contribution in [0.25, 0.3) is 16.5 Å². The van der Waals surface area contributed by atoms with E-state index in [1.807, 2.05) is 0 Å². The minimum Gasteiger partial charge on any atom is -0.346 e. The second-order valence-corrected chi connectivity index (χ2v) is 8.59. The molecule has 2 heteroatoms. The molecule has 0 spiro atoms. The monoisotopic (exact) mass is 356 g/mol. The number of benzene rings is 2. The van der Waals surface area contributed by atoms with Crippen LogP contribution >= 0.6 is 0 Å². The van der Waals surface area contributed by atoms with Crippen molar-refractivity contribution in [2.45, 2.75) is 44.2 Å². The van der Waals surface area contributed by atoms with Gasteiger partial charge in [0.1, 0.15) is 0 Å². The number of nitrogens with zero attached hydrogens (tertiary/aromatic N) is 2. The molecule has 1 saturated heterocycles. The molecule has 0 N–H and O–H groups in total. The van der Waals surface area contributed by atoms with Crippen LogP contribution in [-0.2, 0) is 19.0 Å². The van der Waals surface area contributed by atoms with Crippen molar-refractivity contribution in [2.24, 2.45) is 7.05 Å². The minimum absolute atomic E-state index is 0.0624. The Labute approximate surface area is 162 Å². The van der Waals surface area contributed by atoms with Crippen molar-refractivity contribution in [3.63, 3.8) is 0 Å². The fourth-order valence-electron chi connectivity index (χ4n) is 5.74. The summed E-state index contributed by atoms with van der Waals surface area (Å²) in [6.45, 7) is 6.70. The summed E-state index contributed by atoms with van der Waals surface area (Å²) in [5, 5.41) is 1.46. The highest BCUT2D eigenvalue weighted by molar-refractivity contribution is 5.87. The van der Waals surface area contributed by atoms with Crippen molar-refractivity contribution in [2.75, 3.05) is 7.05 Å². The summed E-state index contributed by atoms with van der Waals surface area (Å²) in [7, 11) is 4.60. The van der Waals surface area contributed by atoms with Crippen LogP contribution in [0.5, 0.6) is 0 Å². The van der Waals surface area contributed by atoms with Crippen LogP contribution in [0.15, 0.2) is 55.1 Å². The first-order valence-electron chi connectivity index (χ1n) is 10.1. The molecular formula is C25H28N2. The lowest BCUT2D eigenvalue weighted by atomic mass is 9.80. The molecular weight excluding hydrogens is 328 g/mol. The molecule has 2 nitrogen and oxygen atoms in total. The van der Waals surface area contributed by atoms with Gasteiger partial charge in [-0.15, -0.1) is 0 Å². The molecule has 2 atom stereocenters. The fourth-order valence-corrected chi connectivity index (χ4v) is 5.74. The summed E-state index contributed by atoms with van der Waals surface area (Å²) in [6, 6.07) is 18.3. The lowest BCUT2D eigenvalue weighted by molar-refractivity contribution is 0.114. The van der Waals surface area contributed by atoms with Crippen molar-refractivity contribution < 1.29 is 0 Å². The summed E-state index contributed by atoms with van der Waals surface area (Å²) in [5.41, 5.74) is 8.41. The summed E-state index contributed by atoms with van der Waals surface area (Å²) in [6.07, 6.45) is 4.67. The third kappa shape index (κ3) is 2.29. The maximum atomic E-state index is 4.50. The molecule has 5 rings (SSSR count). The average Bonchev–Trinajstić information content (AvgIpc) is 3.04. The Kier molecular flexibility index (Phi) is 3.64. The molecule has 1 aromatic heterocycles. The van der Waals surface area contributed by atoms with Gasteiger partial charge in [0.15, 0.2) is 0 Å². The first kappa shape index (κ1) is 16.8. The molecule has 2 aromatic carbocycles. The van der Waals surface area contributed by atoms with Gasteiger partial charge in [-0.1, -0.05) is 48.5 Å². The Morgan fingerprint density at radius 2 is 1.93 bits per heavy atom. The van der Waals surface area contributed by atoms with E-state index in [4.69, 9.17) is 0 Å². The summed E-state index contributed by atoms with van der Waals surface area (Å²) < 4.78 is 2.47. The molecule has 2 aliphatic rings. The van der Waals surface area contributed by atoms with Crippen LogP contribution in [0, 0.1) is 6.92 Å². The average molecular weight is 357 g/mol. The highest BCUT2D eigenvalue weighted by Crippen LogP contribution is 2.53. The lowest BCUT2D eigenvalue weighted by Gasteiger charge is -2.44. The number of aryl methyl sites for hydroxylation is 2. The Bertz CT molecular complexity index is 1040. The summed E-state index contributed by atoms with van der Waals surface area (Å²) in [5.74, 6) is 0. The van der Waals surface area contributed by atoms with Gasteiger partial charge in [0.25, 0.3) is 0 Å². The summed E-state index contributed by atoms with van der Waals surface area (Å²) >= 11 is 0. The van der Waals surface area contributed by atoms with Crippen molar-refractivity contribution >= 4 is 16.5 Å². The first-order valence-corrected chi connectivity index (χ1v) is 10.1. The van der Waals surface area contributed by atoms with Gasteiger partial charge >= 0.3 is 0 Å². The molecule has 2 aliphatic heterocycles. The Morgan fingerprint density at radius 1 is 1.15 bits per heavy atom. The minimum atomic E-state index is 0.0624. The molecule has 2 unspecified atom stereocenters. The van der Waals surface area contributed by atoms with Gasteiger partial charge in [0.05, 0.1) is 5.54 Å². The van der Waals surface area contributed by atoms with Crippen molar-refractivity contribution in [1.29, 1.82) is 0 Å². The predicted octanol–water partition coefficient (Wildman–Crippen LogP) is 5.44. The zero-order chi connectivity index (χ0) is 18.8. The number of fused-ring (bicyclic) bond motifs is 6. The third-order valence-electron chi connectivity index (χ3n) is 7.14. The molecule has 0 radical (unpaired) electrons. The van der Waals surface area contributed by atoms with E-state index in [1.165, 1.54) is 52.6 Å². The molecule has 3 aromatic rings. The Balaban J connectivity index is 1.69. The molecule has 0 saturated carbocycles. The molecule has 27 heavy (non-hydrogen) atoms. The largest absolute Gasteiger partial charge is 0.346 e. The van der Waals surface area contributed by atoms with Gasteiger partial charge in [-0.3, -0.25) is 4.90 Å². The number of aromatic nitrogens is 1. The second kappa shape index (κ2) is 5.84. The number of likely N-dealkylation sites (N-methyl/N-ethyl adjacent to an activating group) is 1. The number of rotatable bonds is 3. The van der Waals surface area contributed by atoms with E-state index in [1.54, 1.807) is 5.56 Å². The molecule has 1 fully saturated rings. The van der Waals surface area contributed by atoms with E-state index in [0.29, 0.717) is 6.04 Å². The zero-order valence-electron chi connectivity index (χ0n) is 16.6. The Morgan fingerprint density at radius 3 is 2.70 bits per heavy atom. The normalized spacial score (nSPS) is 24.3. The van der Waals surface area contributed by atoms with Crippen LogP contribution in [0.3, 0.4) is 0 Å². The van der Waals surface area contributed by atoms with Crippen molar-refractivity contribution in [3.05, 3.63) is 77.5 Å². The molecule has 0 amide bonds. The third-order valence-corrected chi connectivity index (χ3v) is 7.14. The zero-order valence-corrected chi connectivity index (χ0v) is 16.6. The van der Waals surface area contributed by atoms with Crippen LogP contribution in [0.1, 0.15) is 41.6 Å². The van der Waals surface area contributed by atoms with Gasteiger partial charge in [0, 0.05) is 29.7 Å². The van der Waals surface area contributed by atoms with E-state index in [9.17, 15) is 0 Å². The maximum Gasteiger partial charge on any atom is 0.0657 e. The van der Waals surface area contributed by atoms with E-state index in [2.05, 4.69) is 85.6 Å². The van der Waals surface area contributed by atoms with Gasteiger partial charge in [0.2, 0.25) is 0 Å². The van der Waals surface area contributed by atoms with Crippen molar-refractivity contribution in [3.8, 4) is 0 Å². The van der Waals surface area contributed by atoms with Gasteiger partial charge < -0.3 is 4.57 Å². The molecule has 2 bridgehead atoms. The van der Waals surface area contributed by atoms with Gasteiger partial charge in [-0.2, -0.15) is 0 Å². The number of hydrogen-bond acceptors (Lipinski definition) is 1. The standard InChI is InChI=1S/C25H28N2/c1-17-10-11-23-21(14-17)22-15-20-12-13-25(27(20)4,24(22)26(23)3)16-18(2)19-8-6-5-7-9-19/h5-11,14,20H,2,12-13,15-16H2,1,3-4H3. The molecule has 3 heterocycles. The van der Waals surface area contributed by atoms with E-state index >= 15 is 0 Å². The number of hydrogen-bond donors (Lipinski definition) is 0. The molecule has 138 valence electrons. The molecule has 0 aliphatic carbocycles. The van der Waals surface area contributed by atoms with E-state index in [-0.39, 0.29) is 5.54 Å². The van der Waals surface area contributed by atoms with Crippen LogP contribution in [-0.4, -0.2) is 22.6 Å². The predicted molar refractivity (Wildman–Crippen MR) is 114 cm³/mol. The van der Waals surface area contributed by atoms with E-state index < -0.39 is 0 Å². The van der Waals surface area contributed by atoms with Gasteiger partial charge in [-0.25, -0.2) is 0 Å². The maximum absolute atomic E-state index is 4.50. The summed E-state index contributed by atoms with van der Waals surface area (Å²) in [4.78, 5) is 2.66. The SMILES string of the molecule is C=C(CC12CCC(Cc3c1n(C)c1ccc(C)cc31)N2C)c1ccccc1.